The molecule has 0 heterocycles. The van der Waals surface area contributed by atoms with Gasteiger partial charge >= 0.3 is 0 Å². The molecule has 1 aliphatic rings. The summed E-state index contributed by atoms with van der Waals surface area (Å²) < 4.78 is 0. The van der Waals surface area contributed by atoms with E-state index in [1.807, 2.05) is 0 Å². The average Bonchev–Trinajstić information content (AvgIpc) is 2.52. The molecule has 1 nitrogen and oxygen atoms in total. The largest absolute Gasteiger partial charge is 0.390 e. The van der Waals surface area contributed by atoms with Crippen LogP contribution in [0.25, 0.3) is 0 Å². The van der Waals surface area contributed by atoms with Crippen LogP contribution >= 0.6 is 0 Å². The molecule has 0 atom stereocenters. The Balaban J connectivity index is 2.17. The molecule has 1 saturated carbocycles. The van der Waals surface area contributed by atoms with Crippen molar-refractivity contribution in [2.75, 3.05) is 0 Å². The van der Waals surface area contributed by atoms with Gasteiger partial charge in [0.25, 0.3) is 0 Å². The van der Waals surface area contributed by atoms with Gasteiger partial charge in [0.1, 0.15) is 0 Å². The maximum Gasteiger partial charge on any atom is 0.0619 e. The van der Waals surface area contributed by atoms with Gasteiger partial charge in [-0.25, -0.2) is 0 Å². The zero-order valence-electron chi connectivity index (χ0n) is 16.1. The van der Waals surface area contributed by atoms with Crippen molar-refractivity contribution in [3.05, 3.63) is 0 Å². The normalized spacial score (nSPS) is 25.3. The van der Waals surface area contributed by atoms with Crippen LogP contribution in [0.1, 0.15) is 135 Å². The molecule has 0 unspecified atom stereocenters. The van der Waals surface area contributed by atoms with E-state index in [1.54, 1.807) is 0 Å². The first kappa shape index (κ1) is 21.0. The van der Waals surface area contributed by atoms with Gasteiger partial charge in [0.05, 0.1) is 5.60 Å². The Hall–Kier alpha value is -0.0400. The molecule has 0 spiro atoms. The van der Waals surface area contributed by atoms with Crippen LogP contribution in [-0.4, -0.2) is 10.7 Å². The van der Waals surface area contributed by atoms with E-state index in [9.17, 15) is 5.11 Å². The molecule has 0 aromatic rings. The third-order valence-corrected chi connectivity index (χ3v) is 5.68. The van der Waals surface area contributed by atoms with Gasteiger partial charge in [0, 0.05) is 0 Å². The Morgan fingerprint density at radius 2 is 0.565 bits per heavy atom. The van der Waals surface area contributed by atoms with E-state index in [0.29, 0.717) is 0 Å². The first-order valence-electron chi connectivity index (χ1n) is 10.9. The van der Waals surface area contributed by atoms with E-state index in [4.69, 9.17) is 0 Å². The Bertz CT molecular complexity index is 222. The molecule has 0 aliphatic heterocycles. The maximum absolute atomic E-state index is 10.5. The molecule has 138 valence electrons. The highest BCUT2D eigenvalue weighted by Crippen LogP contribution is 2.23. The Morgan fingerprint density at radius 3 is 0.783 bits per heavy atom. The lowest BCUT2D eigenvalue weighted by atomic mass is 9.91. The van der Waals surface area contributed by atoms with Crippen molar-refractivity contribution in [1.29, 1.82) is 0 Å². The zero-order chi connectivity index (χ0) is 16.6. The molecule has 0 radical (unpaired) electrons. The molecule has 0 saturated heterocycles. The van der Waals surface area contributed by atoms with Gasteiger partial charge in [-0.05, 0) is 19.8 Å². The molecule has 0 aromatic heterocycles. The van der Waals surface area contributed by atoms with Gasteiger partial charge in [0.15, 0.2) is 0 Å². The molecule has 0 bridgehead atoms. The highest BCUT2D eigenvalue weighted by Gasteiger charge is 2.18. The van der Waals surface area contributed by atoms with E-state index in [-0.39, 0.29) is 0 Å². The quantitative estimate of drug-likeness (QED) is 0.487. The predicted octanol–water partition coefficient (Wildman–Crippen LogP) is 7.55. The molecule has 1 fully saturated rings. The van der Waals surface area contributed by atoms with Gasteiger partial charge in [0.2, 0.25) is 0 Å². The first-order valence-corrected chi connectivity index (χ1v) is 10.9. The molecular weight excluding hydrogens is 280 g/mol. The number of rotatable bonds is 0. The summed E-state index contributed by atoms with van der Waals surface area (Å²) in [6.07, 6.45) is 27.1. The minimum atomic E-state index is -0.404. The topological polar surface area (TPSA) is 20.2 Å². The van der Waals surface area contributed by atoms with E-state index in [1.165, 1.54) is 116 Å². The summed E-state index contributed by atoms with van der Waals surface area (Å²) in [5, 5.41) is 10.5. The van der Waals surface area contributed by atoms with E-state index < -0.39 is 5.60 Å². The van der Waals surface area contributed by atoms with Gasteiger partial charge < -0.3 is 5.11 Å². The van der Waals surface area contributed by atoms with Crippen molar-refractivity contribution in [3.63, 3.8) is 0 Å². The van der Waals surface area contributed by atoms with Gasteiger partial charge in [-0.1, -0.05) is 116 Å². The van der Waals surface area contributed by atoms with Crippen LogP contribution in [0.15, 0.2) is 0 Å². The Morgan fingerprint density at radius 1 is 0.391 bits per heavy atom. The first-order chi connectivity index (χ1) is 11.2. The molecular formula is C22H44O. The van der Waals surface area contributed by atoms with Crippen molar-refractivity contribution in [2.45, 2.75) is 141 Å². The van der Waals surface area contributed by atoms with Crippen molar-refractivity contribution >= 4 is 0 Å². The lowest BCUT2D eigenvalue weighted by Crippen LogP contribution is -2.23. The summed E-state index contributed by atoms with van der Waals surface area (Å²) in [6, 6.07) is 0. The van der Waals surface area contributed by atoms with Crippen LogP contribution in [0.3, 0.4) is 0 Å². The standard InChI is InChI=1S/C22H44O/c1-22(23)20-18-16-14-12-10-8-6-4-2-3-5-7-9-11-13-15-17-19-21-22/h23H,2-21H2,1H3. The van der Waals surface area contributed by atoms with Crippen LogP contribution in [0.5, 0.6) is 0 Å². The Kier molecular flexibility index (Phi) is 13.1. The predicted molar refractivity (Wildman–Crippen MR) is 103 cm³/mol. The second-order valence-corrected chi connectivity index (χ2v) is 8.36. The van der Waals surface area contributed by atoms with Crippen LogP contribution in [0.4, 0.5) is 0 Å². The lowest BCUT2D eigenvalue weighted by Gasteiger charge is -2.23. The third-order valence-electron chi connectivity index (χ3n) is 5.68. The monoisotopic (exact) mass is 324 g/mol. The smallest absolute Gasteiger partial charge is 0.0619 e. The summed E-state index contributed by atoms with van der Waals surface area (Å²) in [7, 11) is 0. The van der Waals surface area contributed by atoms with Gasteiger partial charge in [-0.15, -0.1) is 0 Å². The minimum Gasteiger partial charge on any atom is -0.390 e. The zero-order valence-corrected chi connectivity index (χ0v) is 16.1. The maximum atomic E-state index is 10.5. The summed E-state index contributed by atoms with van der Waals surface area (Å²) in [4.78, 5) is 0. The van der Waals surface area contributed by atoms with Crippen molar-refractivity contribution < 1.29 is 5.11 Å². The van der Waals surface area contributed by atoms with Gasteiger partial charge in [-0.2, -0.15) is 0 Å². The fraction of sp³-hybridized carbons (Fsp3) is 1.00. The number of aliphatic hydroxyl groups is 1. The van der Waals surface area contributed by atoms with Crippen LogP contribution in [-0.2, 0) is 0 Å². The van der Waals surface area contributed by atoms with Gasteiger partial charge in [-0.3, -0.25) is 0 Å². The van der Waals surface area contributed by atoms with Crippen molar-refractivity contribution in [1.82, 2.24) is 0 Å². The number of hydrogen-bond donors (Lipinski definition) is 1. The summed E-state index contributed by atoms with van der Waals surface area (Å²) >= 11 is 0. The van der Waals surface area contributed by atoms with E-state index >= 15 is 0 Å². The van der Waals surface area contributed by atoms with E-state index in [2.05, 4.69) is 6.92 Å². The third kappa shape index (κ3) is 14.0. The molecule has 1 rings (SSSR count). The second kappa shape index (κ2) is 14.3. The van der Waals surface area contributed by atoms with Crippen molar-refractivity contribution in [2.24, 2.45) is 0 Å². The molecule has 1 heteroatoms. The van der Waals surface area contributed by atoms with Crippen LogP contribution in [0.2, 0.25) is 0 Å². The molecule has 1 aliphatic carbocycles. The molecule has 1 N–H and O–H groups in total. The fourth-order valence-electron chi connectivity index (χ4n) is 3.97. The number of hydrogen-bond acceptors (Lipinski definition) is 1. The summed E-state index contributed by atoms with van der Waals surface area (Å²) in [5.74, 6) is 0. The molecule has 0 aromatic carbocycles. The summed E-state index contributed by atoms with van der Waals surface area (Å²) in [6.45, 7) is 2.06. The van der Waals surface area contributed by atoms with Crippen LogP contribution < -0.4 is 0 Å². The highest BCUT2D eigenvalue weighted by molar-refractivity contribution is 4.72. The lowest BCUT2D eigenvalue weighted by molar-refractivity contribution is 0.0366. The second-order valence-electron chi connectivity index (χ2n) is 8.36. The van der Waals surface area contributed by atoms with E-state index in [0.717, 1.165) is 12.8 Å². The van der Waals surface area contributed by atoms with Crippen molar-refractivity contribution in [3.8, 4) is 0 Å². The summed E-state index contributed by atoms with van der Waals surface area (Å²) in [5.41, 5.74) is -0.404. The SMILES string of the molecule is CC1(O)CCCCCCCCCCCCCCCCCCCC1. The van der Waals surface area contributed by atoms with Crippen LogP contribution in [0, 0.1) is 0 Å². The minimum absolute atomic E-state index is 0.404. The molecule has 0 amide bonds. The highest BCUT2D eigenvalue weighted by atomic mass is 16.3. The average molecular weight is 325 g/mol. The molecule has 23 heavy (non-hydrogen) atoms. The fourth-order valence-corrected chi connectivity index (χ4v) is 3.97. The Labute approximate surface area is 146 Å².